The molecular formula is C18H22ClN3O2. The van der Waals surface area contributed by atoms with Gasteiger partial charge in [0.15, 0.2) is 0 Å². The smallest absolute Gasteiger partial charge is 0.315 e. The molecule has 0 saturated heterocycles. The predicted molar refractivity (Wildman–Crippen MR) is 95.0 cm³/mol. The molecule has 2 rings (SSSR count). The van der Waals surface area contributed by atoms with Gasteiger partial charge in [0, 0.05) is 17.8 Å². The van der Waals surface area contributed by atoms with E-state index in [-0.39, 0.29) is 12.6 Å². The second-order valence-electron chi connectivity index (χ2n) is 5.54. The molecule has 0 fully saturated rings. The minimum atomic E-state index is -0.541. The van der Waals surface area contributed by atoms with Gasteiger partial charge >= 0.3 is 6.03 Å². The molecule has 0 saturated carbocycles. The number of halogens is 1. The predicted octanol–water partition coefficient (Wildman–Crippen LogP) is 3.28. The van der Waals surface area contributed by atoms with E-state index in [1.165, 1.54) is 0 Å². The highest BCUT2D eigenvalue weighted by Gasteiger charge is 2.18. The van der Waals surface area contributed by atoms with Gasteiger partial charge < -0.3 is 15.7 Å². The molecule has 6 heteroatoms. The zero-order chi connectivity index (χ0) is 17.4. The lowest BCUT2D eigenvalue weighted by molar-refractivity contribution is 0.160. The van der Waals surface area contributed by atoms with Crippen molar-refractivity contribution in [2.24, 2.45) is 0 Å². The van der Waals surface area contributed by atoms with Crippen LogP contribution in [0.25, 0.3) is 0 Å². The Morgan fingerprint density at radius 3 is 2.79 bits per heavy atom. The van der Waals surface area contributed by atoms with Crippen LogP contribution in [-0.2, 0) is 0 Å². The van der Waals surface area contributed by atoms with Gasteiger partial charge in [-0.05, 0) is 36.2 Å². The van der Waals surface area contributed by atoms with Gasteiger partial charge in [0.05, 0.1) is 17.8 Å². The quantitative estimate of drug-likeness (QED) is 0.719. The second kappa shape index (κ2) is 9.25. The lowest BCUT2D eigenvalue weighted by atomic mass is 10.0. The zero-order valence-electron chi connectivity index (χ0n) is 13.6. The number of carbonyl (C=O) groups is 1. The van der Waals surface area contributed by atoms with Crippen LogP contribution in [0.3, 0.4) is 0 Å². The number of aromatic nitrogens is 1. The molecule has 1 heterocycles. The number of carbonyl (C=O) groups excluding carboxylic acids is 1. The second-order valence-corrected chi connectivity index (χ2v) is 5.98. The molecule has 1 aromatic carbocycles. The third-order valence-corrected chi connectivity index (χ3v) is 3.80. The third kappa shape index (κ3) is 5.51. The summed E-state index contributed by atoms with van der Waals surface area (Å²) in [5.74, 6) is 0. The minimum Gasteiger partial charge on any atom is -0.391 e. The molecule has 1 aromatic heterocycles. The number of benzene rings is 1. The summed E-state index contributed by atoms with van der Waals surface area (Å²) in [7, 11) is 0. The average Bonchev–Trinajstić information content (AvgIpc) is 2.59. The minimum absolute atomic E-state index is 0.212. The largest absolute Gasteiger partial charge is 0.391 e. The lowest BCUT2D eigenvalue weighted by Gasteiger charge is -2.20. The first-order chi connectivity index (χ1) is 11.6. The van der Waals surface area contributed by atoms with Crippen molar-refractivity contribution in [2.75, 3.05) is 6.54 Å². The highest BCUT2D eigenvalue weighted by atomic mass is 35.5. The van der Waals surface area contributed by atoms with Gasteiger partial charge in [0.2, 0.25) is 0 Å². The molecule has 0 aliphatic rings. The Labute approximate surface area is 147 Å². The van der Waals surface area contributed by atoms with E-state index in [1.54, 1.807) is 18.3 Å². The van der Waals surface area contributed by atoms with Crippen LogP contribution in [0.15, 0.2) is 48.7 Å². The number of hydrogen-bond donors (Lipinski definition) is 3. The third-order valence-electron chi connectivity index (χ3n) is 3.56. The summed E-state index contributed by atoms with van der Waals surface area (Å²) in [4.78, 5) is 16.5. The summed E-state index contributed by atoms with van der Waals surface area (Å²) < 4.78 is 0. The Morgan fingerprint density at radius 2 is 2.12 bits per heavy atom. The van der Waals surface area contributed by atoms with E-state index < -0.39 is 12.1 Å². The molecule has 3 N–H and O–H groups in total. The number of nitrogens with one attached hydrogen (secondary N) is 2. The van der Waals surface area contributed by atoms with Crippen LogP contribution >= 0.6 is 11.6 Å². The fraction of sp³-hybridized carbons (Fsp3) is 0.333. The van der Waals surface area contributed by atoms with Crippen molar-refractivity contribution in [3.63, 3.8) is 0 Å². The van der Waals surface area contributed by atoms with Gasteiger partial charge in [-0.3, -0.25) is 4.98 Å². The molecule has 0 radical (unpaired) electrons. The summed E-state index contributed by atoms with van der Waals surface area (Å²) in [5.41, 5.74) is 1.55. The monoisotopic (exact) mass is 347 g/mol. The number of urea groups is 1. The van der Waals surface area contributed by atoms with Gasteiger partial charge in [-0.15, -0.1) is 0 Å². The van der Waals surface area contributed by atoms with Crippen molar-refractivity contribution >= 4 is 17.6 Å². The summed E-state index contributed by atoms with van der Waals surface area (Å²) in [6.07, 6.45) is 2.65. The summed E-state index contributed by atoms with van der Waals surface area (Å²) in [5, 5.41) is 15.9. The van der Waals surface area contributed by atoms with Crippen molar-refractivity contribution in [2.45, 2.75) is 31.9 Å². The van der Waals surface area contributed by atoms with E-state index >= 15 is 0 Å². The van der Waals surface area contributed by atoms with Crippen LogP contribution in [0, 0.1) is 0 Å². The standard InChI is InChI=1S/C18H22ClN3O2/c1-2-6-15(23)12-21-18(24)22-17(16-9-3-4-10-20-16)13-7-5-8-14(19)11-13/h3-5,7-11,15,17,23H,2,6,12H2,1H3,(H2,21,22,24). The van der Waals surface area contributed by atoms with E-state index in [0.29, 0.717) is 17.1 Å². The molecule has 0 aliphatic heterocycles. The molecule has 2 unspecified atom stereocenters. The van der Waals surface area contributed by atoms with Gasteiger partial charge in [-0.2, -0.15) is 0 Å². The molecule has 2 atom stereocenters. The molecule has 128 valence electrons. The van der Waals surface area contributed by atoms with Crippen molar-refractivity contribution in [1.29, 1.82) is 0 Å². The number of nitrogens with zero attached hydrogens (tertiary/aromatic N) is 1. The van der Waals surface area contributed by atoms with Crippen molar-refractivity contribution in [3.8, 4) is 0 Å². The maximum Gasteiger partial charge on any atom is 0.315 e. The van der Waals surface area contributed by atoms with Gasteiger partial charge in [0.25, 0.3) is 0 Å². The average molecular weight is 348 g/mol. The van der Waals surface area contributed by atoms with Crippen LogP contribution in [0.1, 0.15) is 37.1 Å². The number of amides is 2. The van der Waals surface area contributed by atoms with Crippen molar-refractivity contribution < 1.29 is 9.90 Å². The molecular weight excluding hydrogens is 326 g/mol. The number of pyridine rings is 1. The van der Waals surface area contributed by atoms with Crippen LogP contribution in [0.2, 0.25) is 5.02 Å². The van der Waals surface area contributed by atoms with Crippen LogP contribution in [0.4, 0.5) is 4.79 Å². The highest BCUT2D eigenvalue weighted by molar-refractivity contribution is 6.30. The zero-order valence-corrected chi connectivity index (χ0v) is 14.3. The molecule has 0 bridgehead atoms. The Hall–Kier alpha value is -2.11. The van der Waals surface area contributed by atoms with Gasteiger partial charge in [0.1, 0.15) is 0 Å². The Balaban J connectivity index is 2.11. The van der Waals surface area contributed by atoms with Crippen molar-refractivity contribution in [1.82, 2.24) is 15.6 Å². The number of aliphatic hydroxyl groups is 1. The molecule has 2 aromatic rings. The summed E-state index contributed by atoms with van der Waals surface area (Å²) in [6.45, 7) is 2.20. The first kappa shape index (κ1) is 18.2. The van der Waals surface area contributed by atoms with Crippen LogP contribution in [0.5, 0.6) is 0 Å². The molecule has 24 heavy (non-hydrogen) atoms. The van der Waals surface area contributed by atoms with E-state index in [4.69, 9.17) is 11.6 Å². The Morgan fingerprint density at radius 1 is 1.29 bits per heavy atom. The number of hydrogen-bond acceptors (Lipinski definition) is 3. The summed E-state index contributed by atoms with van der Waals surface area (Å²) in [6, 6.07) is 12.0. The van der Waals surface area contributed by atoms with E-state index in [2.05, 4.69) is 15.6 Å². The fourth-order valence-corrected chi connectivity index (χ4v) is 2.59. The molecule has 0 spiro atoms. The first-order valence-electron chi connectivity index (χ1n) is 7.99. The van der Waals surface area contributed by atoms with E-state index in [1.807, 2.05) is 37.3 Å². The van der Waals surface area contributed by atoms with Crippen molar-refractivity contribution in [3.05, 3.63) is 64.9 Å². The SMILES string of the molecule is CCCC(O)CNC(=O)NC(c1cccc(Cl)c1)c1ccccn1. The summed E-state index contributed by atoms with van der Waals surface area (Å²) >= 11 is 6.07. The topological polar surface area (TPSA) is 74.2 Å². The lowest BCUT2D eigenvalue weighted by Crippen LogP contribution is -2.41. The molecule has 0 aliphatic carbocycles. The first-order valence-corrected chi connectivity index (χ1v) is 8.36. The van der Waals surface area contributed by atoms with Gasteiger partial charge in [-0.1, -0.05) is 43.1 Å². The highest BCUT2D eigenvalue weighted by Crippen LogP contribution is 2.22. The normalized spacial score (nSPS) is 13.1. The van der Waals surface area contributed by atoms with E-state index in [0.717, 1.165) is 12.0 Å². The van der Waals surface area contributed by atoms with E-state index in [9.17, 15) is 9.90 Å². The number of rotatable bonds is 7. The molecule has 2 amide bonds. The van der Waals surface area contributed by atoms with Crippen LogP contribution < -0.4 is 10.6 Å². The fourth-order valence-electron chi connectivity index (χ4n) is 2.39. The Bertz CT molecular complexity index is 652. The number of aliphatic hydroxyl groups excluding tert-OH is 1. The van der Waals surface area contributed by atoms with Crippen LogP contribution in [-0.4, -0.2) is 28.8 Å². The molecule has 5 nitrogen and oxygen atoms in total. The van der Waals surface area contributed by atoms with Gasteiger partial charge in [-0.25, -0.2) is 4.79 Å². The maximum absolute atomic E-state index is 12.2. The Kier molecular flexibility index (Phi) is 7.03. The maximum atomic E-state index is 12.2.